The molecule has 3 nitrogen and oxygen atoms in total. The molecule has 0 atom stereocenters. The molecule has 0 saturated carbocycles. The van der Waals surface area contributed by atoms with Crippen LogP contribution < -0.4 is 4.90 Å². The summed E-state index contributed by atoms with van der Waals surface area (Å²) in [6.45, 7) is 2.12. The molecule has 0 unspecified atom stereocenters. The van der Waals surface area contributed by atoms with Gasteiger partial charge in [-0.25, -0.2) is 4.39 Å². The van der Waals surface area contributed by atoms with Gasteiger partial charge in [-0.2, -0.15) is 0 Å². The van der Waals surface area contributed by atoms with E-state index in [0.29, 0.717) is 17.0 Å². The number of carbonyl (C=O) groups is 1. The maximum Gasteiger partial charge on any atom is 0.325 e. The molecule has 1 aliphatic heterocycles. The summed E-state index contributed by atoms with van der Waals surface area (Å²) in [4.78, 5) is 13.9. The first-order chi connectivity index (χ1) is 9.63. The fourth-order valence-electron chi connectivity index (χ4n) is 2.50. The molecule has 3 rings (SSSR count). The van der Waals surface area contributed by atoms with Gasteiger partial charge in [0, 0.05) is 16.3 Å². The van der Waals surface area contributed by atoms with Crippen LogP contribution in [-0.4, -0.2) is 24.1 Å². The van der Waals surface area contributed by atoms with Crippen molar-refractivity contribution >= 4 is 39.6 Å². The minimum atomic E-state index is -0.347. The van der Waals surface area contributed by atoms with E-state index in [9.17, 15) is 9.18 Å². The normalized spacial score (nSPS) is 13.1. The van der Waals surface area contributed by atoms with Crippen molar-refractivity contribution in [2.24, 2.45) is 0 Å². The molecule has 0 fully saturated rings. The van der Waals surface area contributed by atoms with Crippen molar-refractivity contribution in [3.8, 4) is 0 Å². The van der Waals surface area contributed by atoms with Crippen molar-refractivity contribution in [1.29, 1.82) is 0 Å². The number of anilines is 1. The van der Waals surface area contributed by atoms with Gasteiger partial charge in [-0.1, -0.05) is 30.4 Å². The van der Waals surface area contributed by atoms with E-state index in [0.717, 1.165) is 16.6 Å². The van der Waals surface area contributed by atoms with Crippen molar-refractivity contribution < 1.29 is 13.9 Å². The Morgan fingerprint density at radius 2 is 2.15 bits per heavy atom. The van der Waals surface area contributed by atoms with Crippen LogP contribution in [0.1, 0.15) is 12.5 Å². The van der Waals surface area contributed by atoms with Gasteiger partial charge in [0.2, 0.25) is 0 Å². The topological polar surface area (TPSA) is 29.5 Å². The molecule has 0 radical (unpaired) electrons. The molecular weight excluding hydrogens is 277 g/mol. The fourth-order valence-corrected chi connectivity index (χ4v) is 2.84. The van der Waals surface area contributed by atoms with Crippen LogP contribution in [0, 0.1) is 5.82 Å². The first kappa shape index (κ1) is 13.0. The number of benzene rings is 2. The van der Waals surface area contributed by atoms with Gasteiger partial charge in [0.15, 0.2) is 0 Å². The summed E-state index contributed by atoms with van der Waals surface area (Å²) in [6.07, 6.45) is 0. The van der Waals surface area contributed by atoms with Crippen molar-refractivity contribution in [1.82, 2.24) is 0 Å². The Kier molecular flexibility index (Phi) is 3.14. The van der Waals surface area contributed by atoms with Gasteiger partial charge in [-0.15, -0.1) is 0 Å². The lowest BCUT2D eigenvalue weighted by Gasteiger charge is -2.18. The zero-order valence-corrected chi connectivity index (χ0v) is 11.7. The van der Waals surface area contributed by atoms with Crippen LogP contribution in [0.5, 0.6) is 0 Å². The Balaban J connectivity index is 2.10. The summed E-state index contributed by atoms with van der Waals surface area (Å²) in [5.41, 5.74) is 1.55. The number of hydrogen-bond donors (Lipinski definition) is 0. The SMILES string of the molecule is CCOC(=O)CN1C(=S)c2cccc3c(F)ccc1c23. The highest BCUT2D eigenvalue weighted by Crippen LogP contribution is 2.38. The molecule has 2 aromatic carbocycles. The van der Waals surface area contributed by atoms with Gasteiger partial charge < -0.3 is 9.64 Å². The number of thiocarbonyl (C=S) groups is 1. The highest BCUT2D eigenvalue weighted by molar-refractivity contribution is 7.81. The summed E-state index contributed by atoms with van der Waals surface area (Å²) in [5, 5.41) is 1.29. The largest absolute Gasteiger partial charge is 0.465 e. The average Bonchev–Trinajstić information content (AvgIpc) is 2.70. The monoisotopic (exact) mass is 289 g/mol. The van der Waals surface area contributed by atoms with Crippen molar-refractivity contribution in [3.63, 3.8) is 0 Å². The minimum Gasteiger partial charge on any atom is -0.465 e. The Labute approximate surface area is 120 Å². The number of hydrogen-bond acceptors (Lipinski definition) is 3. The van der Waals surface area contributed by atoms with Crippen LogP contribution in [0.2, 0.25) is 0 Å². The van der Waals surface area contributed by atoms with Crippen molar-refractivity contribution in [2.45, 2.75) is 6.92 Å². The standard InChI is InChI=1S/C15H12FNO2S/c1-2-19-13(18)8-17-12-7-6-11(16)9-4-3-5-10(14(9)12)15(17)20/h3-7H,2,8H2,1H3. The molecule has 0 amide bonds. The Morgan fingerprint density at radius 3 is 2.90 bits per heavy atom. The fraction of sp³-hybridized carbons (Fsp3) is 0.200. The van der Waals surface area contributed by atoms with E-state index in [1.165, 1.54) is 6.07 Å². The lowest BCUT2D eigenvalue weighted by atomic mass is 10.1. The number of halogens is 1. The molecule has 0 bridgehead atoms. The summed E-state index contributed by atoms with van der Waals surface area (Å²) in [6, 6.07) is 8.38. The van der Waals surface area contributed by atoms with Gasteiger partial charge in [-0.05, 0) is 19.1 Å². The third kappa shape index (κ3) is 1.86. The van der Waals surface area contributed by atoms with Gasteiger partial charge in [-0.3, -0.25) is 4.79 Å². The zero-order valence-electron chi connectivity index (χ0n) is 10.9. The maximum atomic E-state index is 13.9. The smallest absolute Gasteiger partial charge is 0.325 e. The molecular formula is C15H12FNO2S. The molecule has 20 heavy (non-hydrogen) atoms. The maximum absolute atomic E-state index is 13.9. The van der Waals surface area contributed by atoms with E-state index in [1.807, 2.05) is 6.07 Å². The van der Waals surface area contributed by atoms with Crippen LogP contribution >= 0.6 is 12.2 Å². The number of rotatable bonds is 3. The van der Waals surface area contributed by atoms with E-state index in [-0.39, 0.29) is 18.3 Å². The Bertz CT molecular complexity index is 729. The summed E-state index contributed by atoms with van der Waals surface area (Å²) in [5.74, 6) is -0.633. The molecule has 5 heteroatoms. The third-order valence-electron chi connectivity index (χ3n) is 3.32. The predicted molar refractivity (Wildman–Crippen MR) is 79.6 cm³/mol. The molecule has 2 aromatic rings. The Hall–Kier alpha value is -2.01. The van der Waals surface area contributed by atoms with E-state index >= 15 is 0 Å². The Morgan fingerprint density at radius 1 is 1.35 bits per heavy atom. The summed E-state index contributed by atoms with van der Waals surface area (Å²) < 4.78 is 18.8. The minimum absolute atomic E-state index is 0.0437. The van der Waals surface area contributed by atoms with Crippen LogP contribution in [-0.2, 0) is 9.53 Å². The lowest BCUT2D eigenvalue weighted by molar-refractivity contribution is -0.141. The predicted octanol–water partition coefficient (Wildman–Crippen LogP) is 3.04. The van der Waals surface area contributed by atoms with E-state index in [4.69, 9.17) is 17.0 Å². The van der Waals surface area contributed by atoms with E-state index in [2.05, 4.69) is 0 Å². The molecule has 1 heterocycles. The highest BCUT2D eigenvalue weighted by atomic mass is 32.1. The number of carbonyl (C=O) groups excluding carboxylic acids is 1. The van der Waals surface area contributed by atoms with Crippen LogP contribution in [0.25, 0.3) is 10.8 Å². The number of ether oxygens (including phenoxy) is 1. The highest BCUT2D eigenvalue weighted by Gasteiger charge is 2.29. The number of nitrogens with zero attached hydrogens (tertiary/aromatic N) is 1. The first-order valence-corrected chi connectivity index (χ1v) is 6.73. The molecule has 1 aliphatic rings. The van der Waals surface area contributed by atoms with E-state index < -0.39 is 0 Å². The summed E-state index contributed by atoms with van der Waals surface area (Å²) >= 11 is 5.40. The van der Waals surface area contributed by atoms with Crippen molar-refractivity contribution in [2.75, 3.05) is 18.1 Å². The molecule has 0 aromatic heterocycles. The lowest BCUT2D eigenvalue weighted by Crippen LogP contribution is -2.32. The van der Waals surface area contributed by atoms with E-state index in [1.54, 1.807) is 30.0 Å². The molecule has 0 saturated heterocycles. The second kappa shape index (κ2) is 4.83. The zero-order chi connectivity index (χ0) is 14.3. The second-order valence-corrected chi connectivity index (χ2v) is 4.88. The van der Waals surface area contributed by atoms with Crippen LogP contribution in [0.4, 0.5) is 10.1 Å². The van der Waals surface area contributed by atoms with Gasteiger partial charge in [0.1, 0.15) is 17.4 Å². The second-order valence-electron chi connectivity index (χ2n) is 4.49. The van der Waals surface area contributed by atoms with Crippen molar-refractivity contribution in [3.05, 3.63) is 41.7 Å². The van der Waals surface area contributed by atoms with Gasteiger partial charge in [0.25, 0.3) is 0 Å². The first-order valence-electron chi connectivity index (χ1n) is 6.32. The number of esters is 1. The van der Waals surface area contributed by atoms with Gasteiger partial charge in [0.05, 0.1) is 12.3 Å². The molecule has 0 N–H and O–H groups in total. The van der Waals surface area contributed by atoms with Crippen LogP contribution in [0.3, 0.4) is 0 Å². The quantitative estimate of drug-likeness (QED) is 0.641. The molecule has 0 aliphatic carbocycles. The molecule has 0 spiro atoms. The average molecular weight is 289 g/mol. The molecule has 102 valence electrons. The van der Waals surface area contributed by atoms with Gasteiger partial charge >= 0.3 is 5.97 Å². The van der Waals surface area contributed by atoms with Crippen LogP contribution in [0.15, 0.2) is 30.3 Å². The summed E-state index contributed by atoms with van der Waals surface area (Å²) in [7, 11) is 0. The third-order valence-corrected chi connectivity index (χ3v) is 3.76.